The van der Waals surface area contributed by atoms with E-state index in [0.717, 1.165) is 41.3 Å². The summed E-state index contributed by atoms with van der Waals surface area (Å²) < 4.78 is 5.06. The molecule has 2 aromatic rings. The lowest BCUT2D eigenvalue weighted by Crippen LogP contribution is -2.29. The minimum atomic E-state index is -0.512. The average Bonchev–Trinajstić information content (AvgIpc) is 2.93. The van der Waals surface area contributed by atoms with Crippen molar-refractivity contribution >= 4 is 22.8 Å². The molecule has 0 saturated carbocycles. The van der Waals surface area contributed by atoms with E-state index in [1.165, 1.54) is 0 Å². The number of carbonyl (C=O) groups is 2. The molecule has 1 heterocycles. The van der Waals surface area contributed by atoms with Gasteiger partial charge in [-0.25, -0.2) is 4.79 Å². The van der Waals surface area contributed by atoms with Gasteiger partial charge < -0.3 is 15.0 Å². The summed E-state index contributed by atoms with van der Waals surface area (Å²) in [6, 6.07) is 5.82. The van der Waals surface area contributed by atoms with Gasteiger partial charge in [0.1, 0.15) is 5.69 Å². The summed E-state index contributed by atoms with van der Waals surface area (Å²) in [6.45, 7) is 6.48. The number of aryl methyl sites for hydroxylation is 2. The maximum atomic E-state index is 12.1. The Bertz CT molecular complexity index is 704. The molecule has 0 saturated heterocycles. The molecular weight excluding hydrogens is 292 g/mol. The molecule has 0 bridgehead atoms. The van der Waals surface area contributed by atoms with Crippen LogP contribution in [-0.4, -0.2) is 30.0 Å². The number of hydrogen-bond donors (Lipinski definition) is 2. The molecule has 0 aliphatic carbocycles. The second kappa shape index (κ2) is 7.81. The molecule has 5 nitrogen and oxygen atoms in total. The normalized spacial score (nSPS) is 10.7. The molecule has 0 spiro atoms. The van der Waals surface area contributed by atoms with E-state index in [1.54, 1.807) is 6.07 Å². The third kappa shape index (κ3) is 4.58. The number of aromatic nitrogens is 1. The van der Waals surface area contributed by atoms with Gasteiger partial charge in [-0.05, 0) is 43.5 Å². The molecule has 1 aromatic carbocycles. The fourth-order valence-corrected chi connectivity index (χ4v) is 2.57. The minimum Gasteiger partial charge on any atom is -0.451 e. The molecule has 5 heteroatoms. The quantitative estimate of drug-likeness (QED) is 0.608. The number of unbranched alkanes of at least 4 members (excludes halogenated alkanes) is 2. The van der Waals surface area contributed by atoms with Gasteiger partial charge in [-0.2, -0.15) is 0 Å². The van der Waals surface area contributed by atoms with Crippen LogP contribution in [0.3, 0.4) is 0 Å². The monoisotopic (exact) mass is 316 g/mol. The lowest BCUT2D eigenvalue weighted by atomic mass is 10.1. The van der Waals surface area contributed by atoms with Gasteiger partial charge >= 0.3 is 5.97 Å². The van der Waals surface area contributed by atoms with Crippen LogP contribution in [0.25, 0.3) is 10.9 Å². The van der Waals surface area contributed by atoms with Crippen LogP contribution in [0.1, 0.15) is 47.8 Å². The number of H-pyrrole nitrogens is 1. The smallest absolute Gasteiger partial charge is 0.355 e. The van der Waals surface area contributed by atoms with E-state index < -0.39 is 5.97 Å². The second-order valence-electron chi connectivity index (χ2n) is 5.86. The van der Waals surface area contributed by atoms with E-state index in [0.29, 0.717) is 12.2 Å². The zero-order chi connectivity index (χ0) is 16.8. The van der Waals surface area contributed by atoms with Crippen molar-refractivity contribution in [3.8, 4) is 0 Å². The fraction of sp³-hybridized carbons (Fsp3) is 0.444. The second-order valence-corrected chi connectivity index (χ2v) is 5.86. The highest BCUT2D eigenvalue weighted by Crippen LogP contribution is 2.21. The van der Waals surface area contributed by atoms with Gasteiger partial charge in [0.2, 0.25) is 0 Å². The first-order chi connectivity index (χ1) is 11.0. The van der Waals surface area contributed by atoms with Gasteiger partial charge in [-0.15, -0.1) is 0 Å². The van der Waals surface area contributed by atoms with E-state index in [2.05, 4.69) is 23.3 Å². The van der Waals surface area contributed by atoms with Crippen molar-refractivity contribution in [2.75, 3.05) is 13.2 Å². The van der Waals surface area contributed by atoms with Gasteiger partial charge in [0, 0.05) is 17.4 Å². The molecule has 0 aliphatic heterocycles. The number of aromatic amines is 1. The van der Waals surface area contributed by atoms with Crippen molar-refractivity contribution in [3.63, 3.8) is 0 Å². The third-order valence-electron chi connectivity index (χ3n) is 3.75. The largest absolute Gasteiger partial charge is 0.451 e. The van der Waals surface area contributed by atoms with Gasteiger partial charge in [-0.3, -0.25) is 4.79 Å². The Labute approximate surface area is 136 Å². The Morgan fingerprint density at radius 2 is 1.96 bits per heavy atom. The number of nitrogens with one attached hydrogen (secondary N) is 2. The molecule has 1 amide bonds. The number of fused-ring (bicyclic) bond motifs is 1. The first-order valence-corrected chi connectivity index (χ1v) is 8.05. The number of ether oxygens (including phenoxy) is 1. The number of esters is 1. The Morgan fingerprint density at radius 3 is 2.70 bits per heavy atom. The SMILES string of the molecule is CCCCCNC(=O)COC(=O)c1cc2c(C)cc(C)cc2[nH]1. The Morgan fingerprint density at radius 1 is 1.17 bits per heavy atom. The van der Waals surface area contributed by atoms with E-state index >= 15 is 0 Å². The molecule has 2 rings (SSSR count). The fourth-order valence-electron chi connectivity index (χ4n) is 2.57. The van der Waals surface area contributed by atoms with Crippen molar-refractivity contribution in [2.24, 2.45) is 0 Å². The summed E-state index contributed by atoms with van der Waals surface area (Å²) in [5.41, 5.74) is 3.50. The zero-order valence-electron chi connectivity index (χ0n) is 14.0. The standard InChI is InChI=1S/C18H24N2O3/c1-4-5-6-7-19-17(21)11-23-18(22)16-10-14-13(3)8-12(2)9-15(14)20-16/h8-10,20H,4-7,11H2,1-3H3,(H,19,21). The molecule has 0 unspecified atom stereocenters. The summed E-state index contributed by atoms with van der Waals surface area (Å²) in [4.78, 5) is 26.7. The maximum Gasteiger partial charge on any atom is 0.355 e. The highest BCUT2D eigenvalue weighted by atomic mass is 16.5. The molecule has 23 heavy (non-hydrogen) atoms. The van der Waals surface area contributed by atoms with Crippen LogP contribution >= 0.6 is 0 Å². The first-order valence-electron chi connectivity index (χ1n) is 8.05. The minimum absolute atomic E-state index is 0.252. The van der Waals surface area contributed by atoms with Gasteiger partial charge in [0.05, 0.1) is 0 Å². The zero-order valence-corrected chi connectivity index (χ0v) is 14.0. The van der Waals surface area contributed by atoms with Crippen LogP contribution in [0.5, 0.6) is 0 Å². The highest BCUT2D eigenvalue weighted by molar-refractivity contribution is 5.96. The number of carbonyl (C=O) groups excluding carboxylic acids is 2. The van der Waals surface area contributed by atoms with Crippen LogP contribution in [0.15, 0.2) is 18.2 Å². The molecule has 2 N–H and O–H groups in total. The summed E-state index contributed by atoms with van der Waals surface area (Å²) in [7, 11) is 0. The third-order valence-corrected chi connectivity index (χ3v) is 3.75. The molecule has 0 aliphatic rings. The van der Waals surface area contributed by atoms with E-state index in [-0.39, 0.29) is 12.5 Å². The lowest BCUT2D eigenvalue weighted by molar-refractivity contribution is -0.124. The van der Waals surface area contributed by atoms with Gasteiger partial charge in [0.25, 0.3) is 5.91 Å². The number of amides is 1. The Balaban J connectivity index is 1.91. The molecule has 0 fully saturated rings. The van der Waals surface area contributed by atoms with Crippen LogP contribution in [-0.2, 0) is 9.53 Å². The summed E-state index contributed by atoms with van der Waals surface area (Å²) in [6.07, 6.45) is 3.12. The highest BCUT2D eigenvalue weighted by Gasteiger charge is 2.14. The van der Waals surface area contributed by atoms with Crippen LogP contribution in [0.2, 0.25) is 0 Å². The maximum absolute atomic E-state index is 12.1. The van der Waals surface area contributed by atoms with Gasteiger partial charge in [0.15, 0.2) is 6.61 Å². The van der Waals surface area contributed by atoms with Crippen LogP contribution < -0.4 is 5.32 Å². The number of benzene rings is 1. The van der Waals surface area contributed by atoms with Crippen LogP contribution in [0.4, 0.5) is 0 Å². The van der Waals surface area contributed by atoms with Crippen molar-refractivity contribution in [1.82, 2.24) is 10.3 Å². The summed E-state index contributed by atoms with van der Waals surface area (Å²) >= 11 is 0. The summed E-state index contributed by atoms with van der Waals surface area (Å²) in [5, 5.41) is 3.73. The molecule has 1 aromatic heterocycles. The molecule has 124 valence electrons. The van der Waals surface area contributed by atoms with Crippen molar-refractivity contribution in [1.29, 1.82) is 0 Å². The predicted octanol–water partition coefficient (Wildman–Crippen LogP) is 3.25. The van der Waals surface area contributed by atoms with Crippen molar-refractivity contribution < 1.29 is 14.3 Å². The predicted molar refractivity (Wildman–Crippen MR) is 90.6 cm³/mol. The molecular formula is C18H24N2O3. The van der Waals surface area contributed by atoms with Gasteiger partial charge in [-0.1, -0.05) is 25.8 Å². The van der Waals surface area contributed by atoms with Crippen molar-refractivity contribution in [3.05, 3.63) is 35.0 Å². The van der Waals surface area contributed by atoms with E-state index in [1.807, 2.05) is 19.9 Å². The van der Waals surface area contributed by atoms with E-state index in [4.69, 9.17) is 4.74 Å². The Hall–Kier alpha value is -2.30. The molecule has 0 atom stereocenters. The molecule has 0 radical (unpaired) electrons. The first kappa shape index (κ1) is 17.1. The average molecular weight is 316 g/mol. The lowest BCUT2D eigenvalue weighted by Gasteiger charge is -2.05. The number of rotatable bonds is 7. The number of hydrogen-bond acceptors (Lipinski definition) is 3. The van der Waals surface area contributed by atoms with E-state index in [9.17, 15) is 9.59 Å². The summed E-state index contributed by atoms with van der Waals surface area (Å²) in [5.74, 6) is -0.778. The van der Waals surface area contributed by atoms with Crippen molar-refractivity contribution in [2.45, 2.75) is 40.0 Å². The topological polar surface area (TPSA) is 71.2 Å². The van der Waals surface area contributed by atoms with Crippen LogP contribution in [0, 0.1) is 13.8 Å². The Kier molecular flexibility index (Phi) is 5.79.